The van der Waals surface area contributed by atoms with Gasteiger partial charge in [0.2, 0.25) is 5.91 Å². The first kappa shape index (κ1) is 21.7. The van der Waals surface area contributed by atoms with Crippen LogP contribution in [0.5, 0.6) is 5.75 Å². The number of piperidine rings is 1. The molecule has 0 aliphatic carbocycles. The molecule has 162 valence electrons. The van der Waals surface area contributed by atoms with E-state index in [2.05, 4.69) is 17.1 Å². The first-order valence-electron chi connectivity index (χ1n) is 10.4. The van der Waals surface area contributed by atoms with Crippen molar-refractivity contribution in [2.24, 2.45) is 0 Å². The van der Waals surface area contributed by atoms with Gasteiger partial charge in [-0.2, -0.15) is 0 Å². The molecular formula is C23H25ClN4O2S. The van der Waals surface area contributed by atoms with Crippen molar-refractivity contribution < 1.29 is 9.53 Å². The third-order valence-electron chi connectivity index (χ3n) is 5.51. The van der Waals surface area contributed by atoms with E-state index < -0.39 is 0 Å². The second-order valence-electron chi connectivity index (χ2n) is 7.54. The molecule has 1 aromatic heterocycles. The number of likely N-dealkylation sites (tertiary alicyclic amines) is 1. The van der Waals surface area contributed by atoms with Crippen LogP contribution in [-0.2, 0) is 4.79 Å². The zero-order valence-corrected chi connectivity index (χ0v) is 19.2. The summed E-state index contributed by atoms with van der Waals surface area (Å²) in [6.07, 6.45) is 3.32. The molecule has 2 heterocycles. The van der Waals surface area contributed by atoms with Crippen LogP contribution >= 0.6 is 23.4 Å². The topological polar surface area (TPSA) is 60.3 Å². The van der Waals surface area contributed by atoms with Crippen LogP contribution < -0.4 is 4.74 Å². The van der Waals surface area contributed by atoms with Crippen LogP contribution in [0.25, 0.3) is 17.1 Å². The van der Waals surface area contributed by atoms with Gasteiger partial charge in [0.15, 0.2) is 11.0 Å². The Labute approximate surface area is 191 Å². The highest BCUT2D eigenvalue weighted by molar-refractivity contribution is 7.99. The molecular weight excluding hydrogens is 432 g/mol. The highest BCUT2D eigenvalue weighted by Crippen LogP contribution is 2.33. The molecule has 1 aliphatic heterocycles. The van der Waals surface area contributed by atoms with Gasteiger partial charge in [-0.25, -0.2) is 0 Å². The molecule has 1 aliphatic rings. The molecule has 0 N–H and O–H groups in total. The summed E-state index contributed by atoms with van der Waals surface area (Å²) < 4.78 is 7.49. The first-order valence-corrected chi connectivity index (χ1v) is 11.7. The van der Waals surface area contributed by atoms with E-state index >= 15 is 0 Å². The van der Waals surface area contributed by atoms with Crippen molar-refractivity contribution in [2.45, 2.75) is 37.4 Å². The van der Waals surface area contributed by atoms with Crippen molar-refractivity contribution in [2.75, 3.05) is 19.4 Å². The number of nitrogens with zero attached hydrogens (tertiary/aromatic N) is 4. The number of halogens is 1. The number of methoxy groups -OCH3 is 1. The zero-order chi connectivity index (χ0) is 21.8. The Morgan fingerprint density at radius 1 is 1.16 bits per heavy atom. The number of ether oxygens (including phenoxy) is 1. The minimum Gasteiger partial charge on any atom is -0.496 e. The summed E-state index contributed by atoms with van der Waals surface area (Å²) in [5.41, 5.74) is 1.70. The summed E-state index contributed by atoms with van der Waals surface area (Å²) in [6, 6.07) is 15.5. The Bertz CT molecular complexity index is 1050. The van der Waals surface area contributed by atoms with E-state index in [4.69, 9.17) is 16.3 Å². The van der Waals surface area contributed by atoms with Crippen LogP contribution in [0.15, 0.2) is 53.7 Å². The smallest absolute Gasteiger partial charge is 0.233 e. The van der Waals surface area contributed by atoms with E-state index in [0.717, 1.165) is 30.6 Å². The Hall–Kier alpha value is -2.51. The minimum atomic E-state index is 0.140. The summed E-state index contributed by atoms with van der Waals surface area (Å²) in [4.78, 5) is 14.8. The van der Waals surface area contributed by atoms with Gasteiger partial charge >= 0.3 is 0 Å². The molecule has 1 amide bonds. The maximum atomic E-state index is 12.9. The van der Waals surface area contributed by atoms with Gasteiger partial charge in [-0.15, -0.1) is 10.2 Å². The molecule has 1 fully saturated rings. The zero-order valence-electron chi connectivity index (χ0n) is 17.6. The van der Waals surface area contributed by atoms with Crippen molar-refractivity contribution in [3.8, 4) is 22.8 Å². The molecule has 1 saturated heterocycles. The number of amides is 1. The lowest BCUT2D eigenvalue weighted by Crippen LogP contribution is -2.42. The predicted octanol–water partition coefficient (Wildman–Crippen LogP) is 5.09. The molecule has 0 spiro atoms. The van der Waals surface area contributed by atoms with Gasteiger partial charge in [0, 0.05) is 23.3 Å². The number of benzene rings is 2. The molecule has 4 rings (SSSR count). The molecule has 2 aromatic carbocycles. The second kappa shape index (κ2) is 9.75. The van der Waals surface area contributed by atoms with Crippen LogP contribution in [0, 0.1) is 0 Å². The monoisotopic (exact) mass is 456 g/mol. The van der Waals surface area contributed by atoms with Gasteiger partial charge in [0.05, 0.1) is 18.4 Å². The molecule has 8 heteroatoms. The average Bonchev–Trinajstić information content (AvgIpc) is 3.22. The second-order valence-corrected chi connectivity index (χ2v) is 8.92. The number of hydrogen-bond donors (Lipinski definition) is 0. The average molecular weight is 457 g/mol. The molecule has 6 nitrogen and oxygen atoms in total. The standard InChI is InChI=1S/C23H25ClN4O2S/c1-16-7-5-6-14-27(16)21(29)15-31-23-26-25-22(19-8-3-4-9-20(19)30-2)28(23)18-12-10-17(24)11-13-18/h3-4,8-13,16H,5-7,14-15H2,1-2H3. The molecule has 1 atom stereocenters. The molecule has 31 heavy (non-hydrogen) atoms. The van der Waals surface area contributed by atoms with E-state index in [1.54, 1.807) is 7.11 Å². The van der Waals surface area contributed by atoms with E-state index in [1.807, 2.05) is 58.0 Å². The maximum absolute atomic E-state index is 12.9. The van der Waals surface area contributed by atoms with Crippen molar-refractivity contribution in [3.05, 3.63) is 53.6 Å². The van der Waals surface area contributed by atoms with Crippen LogP contribution in [-0.4, -0.2) is 51.0 Å². The van der Waals surface area contributed by atoms with Gasteiger partial charge < -0.3 is 9.64 Å². The fourth-order valence-electron chi connectivity index (χ4n) is 3.87. The number of carbonyl (C=O) groups excluding carboxylic acids is 1. The summed E-state index contributed by atoms with van der Waals surface area (Å²) in [6.45, 7) is 2.95. The molecule has 1 unspecified atom stereocenters. The van der Waals surface area contributed by atoms with Gasteiger partial charge in [-0.1, -0.05) is 35.5 Å². The maximum Gasteiger partial charge on any atom is 0.233 e. The Morgan fingerprint density at radius 2 is 1.94 bits per heavy atom. The fraction of sp³-hybridized carbons (Fsp3) is 0.348. The van der Waals surface area contributed by atoms with Gasteiger partial charge in [0.1, 0.15) is 5.75 Å². The van der Waals surface area contributed by atoms with Crippen molar-refractivity contribution in [1.82, 2.24) is 19.7 Å². The van der Waals surface area contributed by atoms with Crippen LogP contribution in [0.4, 0.5) is 0 Å². The third kappa shape index (κ3) is 4.72. The Morgan fingerprint density at radius 3 is 2.68 bits per heavy atom. The first-order chi connectivity index (χ1) is 15.1. The number of thioether (sulfide) groups is 1. The van der Waals surface area contributed by atoms with Crippen LogP contribution in [0.1, 0.15) is 26.2 Å². The highest BCUT2D eigenvalue weighted by atomic mass is 35.5. The van der Waals surface area contributed by atoms with E-state index in [0.29, 0.717) is 33.5 Å². The molecule has 3 aromatic rings. The molecule has 0 bridgehead atoms. The van der Waals surface area contributed by atoms with E-state index in [1.165, 1.54) is 18.2 Å². The number of carbonyl (C=O) groups is 1. The SMILES string of the molecule is COc1ccccc1-c1nnc(SCC(=O)N2CCCCC2C)n1-c1ccc(Cl)cc1. The summed E-state index contributed by atoms with van der Waals surface area (Å²) >= 11 is 7.51. The molecule has 0 radical (unpaired) electrons. The predicted molar refractivity (Wildman–Crippen MR) is 124 cm³/mol. The normalized spacial score (nSPS) is 16.4. The summed E-state index contributed by atoms with van der Waals surface area (Å²) in [5, 5.41) is 10.2. The van der Waals surface area contributed by atoms with Crippen LogP contribution in [0.3, 0.4) is 0 Å². The number of rotatable bonds is 6. The lowest BCUT2D eigenvalue weighted by Gasteiger charge is -2.33. The van der Waals surface area contributed by atoms with E-state index in [-0.39, 0.29) is 5.91 Å². The summed E-state index contributed by atoms with van der Waals surface area (Å²) in [7, 11) is 1.63. The Balaban J connectivity index is 1.67. The number of para-hydroxylation sites is 1. The van der Waals surface area contributed by atoms with Gasteiger partial charge in [-0.3, -0.25) is 9.36 Å². The number of aromatic nitrogens is 3. The number of hydrogen-bond acceptors (Lipinski definition) is 5. The largest absolute Gasteiger partial charge is 0.496 e. The lowest BCUT2D eigenvalue weighted by atomic mass is 10.0. The lowest BCUT2D eigenvalue weighted by molar-refractivity contribution is -0.131. The quantitative estimate of drug-likeness (QED) is 0.483. The van der Waals surface area contributed by atoms with Crippen molar-refractivity contribution in [1.29, 1.82) is 0 Å². The molecule has 0 saturated carbocycles. The van der Waals surface area contributed by atoms with Crippen LogP contribution in [0.2, 0.25) is 5.02 Å². The summed E-state index contributed by atoms with van der Waals surface area (Å²) in [5.74, 6) is 1.82. The van der Waals surface area contributed by atoms with Crippen molar-refractivity contribution in [3.63, 3.8) is 0 Å². The third-order valence-corrected chi connectivity index (χ3v) is 6.68. The minimum absolute atomic E-state index is 0.140. The Kier molecular flexibility index (Phi) is 6.83. The van der Waals surface area contributed by atoms with E-state index in [9.17, 15) is 4.79 Å². The highest BCUT2D eigenvalue weighted by Gasteiger charge is 2.25. The van der Waals surface area contributed by atoms with Gasteiger partial charge in [-0.05, 0) is 62.6 Å². The van der Waals surface area contributed by atoms with Gasteiger partial charge in [0.25, 0.3) is 0 Å². The van der Waals surface area contributed by atoms with Crippen molar-refractivity contribution >= 4 is 29.3 Å². The fourth-order valence-corrected chi connectivity index (χ4v) is 4.83.